The quantitative estimate of drug-likeness (QED) is 0.799. The molecule has 1 aromatic rings. The van der Waals surface area contributed by atoms with Gasteiger partial charge in [-0.25, -0.2) is 8.42 Å². The summed E-state index contributed by atoms with van der Waals surface area (Å²) in [6, 6.07) is 5.11. The number of nitrogens with two attached hydrogens (primary N) is 1. The summed E-state index contributed by atoms with van der Waals surface area (Å²) in [5.74, 6) is 0.137. The first kappa shape index (κ1) is 15.6. The van der Waals surface area contributed by atoms with Crippen molar-refractivity contribution in [1.29, 1.82) is 0 Å². The van der Waals surface area contributed by atoms with Crippen molar-refractivity contribution >= 4 is 27.1 Å². The molecule has 1 heterocycles. The van der Waals surface area contributed by atoms with E-state index in [2.05, 4.69) is 5.32 Å². The van der Waals surface area contributed by atoms with Gasteiger partial charge in [-0.05, 0) is 31.5 Å². The molecule has 1 saturated heterocycles. The number of anilines is 2. The van der Waals surface area contributed by atoms with Crippen LogP contribution in [0, 0.1) is 0 Å². The molecular weight excluding hydrogens is 290 g/mol. The first-order chi connectivity index (χ1) is 9.93. The SMILES string of the molecule is CCNC(=O)c1ccc(N)cc1N1CCCS(=O)(=O)CC1. The van der Waals surface area contributed by atoms with E-state index in [-0.39, 0.29) is 17.4 Å². The van der Waals surface area contributed by atoms with Gasteiger partial charge in [-0.1, -0.05) is 0 Å². The minimum Gasteiger partial charge on any atom is -0.399 e. The van der Waals surface area contributed by atoms with Gasteiger partial charge in [0.05, 0.1) is 22.8 Å². The fourth-order valence-electron chi connectivity index (χ4n) is 2.44. The van der Waals surface area contributed by atoms with Gasteiger partial charge in [0.1, 0.15) is 0 Å². The Hall–Kier alpha value is -1.76. The molecule has 0 aliphatic carbocycles. The summed E-state index contributed by atoms with van der Waals surface area (Å²) in [5.41, 5.74) is 7.62. The predicted octanol–water partition coefficient (Wildman–Crippen LogP) is 0.643. The van der Waals surface area contributed by atoms with E-state index in [4.69, 9.17) is 5.73 Å². The monoisotopic (exact) mass is 311 g/mol. The third-order valence-electron chi connectivity index (χ3n) is 3.50. The van der Waals surface area contributed by atoms with E-state index in [1.165, 1.54) is 0 Å². The molecule has 1 fully saturated rings. The molecule has 116 valence electrons. The summed E-state index contributed by atoms with van der Waals surface area (Å²) in [6.45, 7) is 3.39. The Labute approximate surface area is 125 Å². The molecule has 0 spiro atoms. The number of benzene rings is 1. The minimum atomic E-state index is -2.99. The highest BCUT2D eigenvalue weighted by Gasteiger charge is 2.22. The third-order valence-corrected chi connectivity index (χ3v) is 5.22. The fraction of sp³-hybridized carbons (Fsp3) is 0.500. The lowest BCUT2D eigenvalue weighted by Gasteiger charge is -2.25. The van der Waals surface area contributed by atoms with E-state index in [9.17, 15) is 13.2 Å². The van der Waals surface area contributed by atoms with Gasteiger partial charge in [0.2, 0.25) is 0 Å². The highest BCUT2D eigenvalue weighted by molar-refractivity contribution is 7.91. The number of nitrogen functional groups attached to an aromatic ring is 1. The number of sulfone groups is 1. The van der Waals surface area contributed by atoms with Crippen molar-refractivity contribution < 1.29 is 13.2 Å². The maximum absolute atomic E-state index is 12.1. The van der Waals surface area contributed by atoms with Crippen LogP contribution in [-0.2, 0) is 9.84 Å². The Bertz CT molecular complexity index is 628. The maximum Gasteiger partial charge on any atom is 0.253 e. The largest absolute Gasteiger partial charge is 0.399 e. The lowest BCUT2D eigenvalue weighted by Crippen LogP contribution is -2.31. The van der Waals surface area contributed by atoms with Crippen LogP contribution in [0.2, 0.25) is 0 Å². The Kier molecular flexibility index (Phi) is 4.72. The zero-order valence-corrected chi connectivity index (χ0v) is 12.9. The second kappa shape index (κ2) is 6.34. The smallest absolute Gasteiger partial charge is 0.253 e. The molecule has 1 aliphatic rings. The van der Waals surface area contributed by atoms with Crippen molar-refractivity contribution in [2.45, 2.75) is 13.3 Å². The van der Waals surface area contributed by atoms with Gasteiger partial charge in [0.15, 0.2) is 9.84 Å². The Morgan fingerprint density at radius 2 is 2.10 bits per heavy atom. The van der Waals surface area contributed by atoms with Crippen LogP contribution < -0.4 is 16.0 Å². The summed E-state index contributed by atoms with van der Waals surface area (Å²) >= 11 is 0. The molecule has 0 atom stereocenters. The average molecular weight is 311 g/mol. The van der Waals surface area contributed by atoms with Crippen LogP contribution >= 0.6 is 0 Å². The highest BCUT2D eigenvalue weighted by Crippen LogP contribution is 2.25. The number of hydrogen-bond acceptors (Lipinski definition) is 5. The van der Waals surface area contributed by atoms with E-state index in [0.717, 1.165) is 0 Å². The Morgan fingerprint density at radius 1 is 1.33 bits per heavy atom. The van der Waals surface area contributed by atoms with Crippen molar-refractivity contribution in [3.05, 3.63) is 23.8 Å². The van der Waals surface area contributed by atoms with Crippen LogP contribution in [0.5, 0.6) is 0 Å². The first-order valence-electron chi connectivity index (χ1n) is 7.06. The van der Waals surface area contributed by atoms with E-state index < -0.39 is 9.84 Å². The molecule has 1 aliphatic heterocycles. The normalized spacial score (nSPS) is 18.0. The third kappa shape index (κ3) is 3.87. The molecule has 21 heavy (non-hydrogen) atoms. The lowest BCUT2D eigenvalue weighted by atomic mass is 10.1. The van der Waals surface area contributed by atoms with Crippen LogP contribution in [0.1, 0.15) is 23.7 Å². The molecule has 0 saturated carbocycles. The van der Waals surface area contributed by atoms with Crippen LogP contribution in [0.15, 0.2) is 18.2 Å². The van der Waals surface area contributed by atoms with Gasteiger partial charge >= 0.3 is 0 Å². The minimum absolute atomic E-state index is 0.108. The molecule has 0 bridgehead atoms. The summed E-state index contributed by atoms with van der Waals surface area (Å²) in [7, 11) is -2.99. The van der Waals surface area contributed by atoms with Gasteiger partial charge in [-0.2, -0.15) is 0 Å². The average Bonchev–Trinajstić information content (AvgIpc) is 2.60. The molecule has 6 nitrogen and oxygen atoms in total. The van der Waals surface area contributed by atoms with Crippen LogP contribution in [-0.4, -0.2) is 45.5 Å². The standard InChI is InChI=1S/C14H21N3O3S/c1-2-16-14(18)12-5-4-11(15)10-13(12)17-6-3-8-21(19,20)9-7-17/h4-5,10H,2-3,6-9,15H2,1H3,(H,16,18). The van der Waals surface area contributed by atoms with E-state index >= 15 is 0 Å². The van der Waals surface area contributed by atoms with Crippen molar-refractivity contribution in [1.82, 2.24) is 5.32 Å². The zero-order chi connectivity index (χ0) is 15.5. The van der Waals surface area contributed by atoms with Gasteiger partial charge in [0, 0.05) is 25.3 Å². The van der Waals surface area contributed by atoms with Crippen molar-refractivity contribution in [2.24, 2.45) is 0 Å². The number of carbonyl (C=O) groups excluding carboxylic acids is 1. The molecule has 1 amide bonds. The summed E-state index contributed by atoms with van der Waals surface area (Å²) in [5, 5.41) is 2.77. The molecule has 2 rings (SSSR count). The number of rotatable bonds is 3. The number of carbonyl (C=O) groups is 1. The fourth-order valence-corrected chi connectivity index (χ4v) is 3.71. The lowest BCUT2D eigenvalue weighted by molar-refractivity contribution is 0.0956. The summed E-state index contributed by atoms with van der Waals surface area (Å²) in [6.07, 6.45) is 0.561. The second-order valence-electron chi connectivity index (χ2n) is 5.13. The van der Waals surface area contributed by atoms with Crippen molar-refractivity contribution in [3.8, 4) is 0 Å². The molecule has 0 unspecified atom stereocenters. The van der Waals surface area contributed by atoms with E-state index in [0.29, 0.717) is 43.0 Å². The van der Waals surface area contributed by atoms with E-state index in [1.54, 1.807) is 18.2 Å². The number of hydrogen-bond donors (Lipinski definition) is 2. The molecular formula is C14H21N3O3S. The molecule has 1 aromatic carbocycles. The van der Waals surface area contributed by atoms with Gasteiger partial charge < -0.3 is 16.0 Å². The molecule has 7 heteroatoms. The van der Waals surface area contributed by atoms with Crippen molar-refractivity contribution in [2.75, 3.05) is 41.8 Å². The Morgan fingerprint density at radius 3 is 2.81 bits per heavy atom. The zero-order valence-electron chi connectivity index (χ0n) is 12.1. The maximum atomic E-state index is 12.1. The van der Waals surface area contributed by atoms with E-state index in [1.807, 2.05) is 11.8 Å². The Balaban J connectivity index is 2.33. The number of nitrogens with one attached hydrogen (secondary N) is 1. The van der Waals surface area contributed by atoms with Crippen LogP contribution in [0.4, 0.5) is 11.4 Å². The first-order valence-corrected chi connectivity index (χ1v) is 8.88. The molecule has 3 N–H and O–H groups in total. The topological polar surface area (TPSA) is 92.5 Å². The van der Waals surface area contributed by atoms with Crippen molar-refractivity contribution in [3.63, 3.8) is 0 Å². The van der Waals surface area contributed by atoms with Crippen LogP contribution in [0.25, 0.3) is 0 Å². The molecule has 0 radical (unpaired) electrons. The van der Waals surface area contributed by atoms with Crippen LogP contribution in [0.3, 0.4) is 0 Å². The highest BCUT2D eigenvalue weighted by atomic mass is 32.2. The van der Waals surface area contributed by atoms with Gasteiger partial charge in [-0.3, -0.25) is 4.79 Å². The van der Waals surface area contributed by atoms with Gasteiger partial charge in [0.25, 0.3) is 5.91 Å². The number of nitrogens with zero attached hydrogens (tertiary/aromatic N) is 1. The van der Waals surface area contributed by atoms with Gasteiger partial charge in [-0.15, -0.1) is 0 Å². The second-order valence-corrected chi connectivity index (χ2v) is 7.43. The summed E-state index contributed by atoms with van der Waals surface area (Å²) < 4.78 is 23.4. The predicted molar refractivity (Wildman–Crippen MR) is 84.3 cm³/mol. The number of amides is 1. The summed E-state index contributed by atoms with van der Waals surface area (Å²) in [4.78, 5) is 14.1. The molecule has 0 aromatic heterocycles.